The molecule has 2 rings (SSSR count). The second-order valence-electron chi connectivity index (χ2n) is 6.81. The van der Waals surface area contributed by atoms with Crippen molar-refractivity contribution in [2.75, 3.05) is 51.4 Å². The summed E-state index contributed by atoms with van der Waals surface area (Å²) in [6.07, 6.45) is 0.531. The van der Waals surface area contributed by atoms with E-state index in [1.165, 1.54) is 0 Å². The van der Waals surface area contributed by atoms with Crippen molar-refractivity contribution < 1.29 is 17.9 Å². The molecule has 0 aromatic carbocycles. The fourth-order valence-electron chi connectivity index (χ4n) is 3.26. The highest BCUT2D eigenvalue weighted by Crippen LogP contribution is 2.17. The summed E-state index contributed by atoms with van der Waals surface area (Å²) in [5.41, 5.74) is 0. The number of morpholine rings is 1. The fourth-order valence-corrected chi connectivity index (χ4v) is 5.03. The first-order valence-corrected chi connectivity index (χ1v) is 10.1. The normalized spacial score (nSPS) is 26.2. The highest BCUT2D eigenvalue weighted by Gasteiger charge is 2.33. The minimum atomic E-state index is -2.98. The Morgan fingerprint density at radius 1 is 1.35 bits per heavy atom. The van der Waals surface area contributed by atoms with Gasteiger partial charge in [-0.05, 0) is 12.3 Å². The Balaban J connectivity index is 1.86. The van der Waals surface area contributed by atoms with Gasteiger partial charge in [-0.2, -0.15) is 0 Å². The number of rotatable bonds is 5. The number of hydrogen-bond donors (Lipinski definition) is 1. The molecule has 0 saturated carbocycles. The van der Waals surface area contributed by atoms with E-state index in [1.54, 1.807) is 11.9 Å². The van der Waals surface area contributed by atoms with E-state index in [9.17, 15) is 13.2 Å². The van der Waals surface area contributed by atoms with Crippen molar-refractivity contribution >= 4 is 15.9 Å². The zero-order valence-electron chi connectivity index (χ0n) is 14.3. The van der Waals surface area contributed by atoms with Crippen molar-refractivity contribution in [1.82, 2.24) is 15.1 Å². The summed E-state index contributed by atoms with van der Waals surface area (Å²) in [7, 11) is -1.30. The Morgan fingerprint density at radius 3 is 2.52 bits per heavy atom. The topological polar surface area (TPSA) is 79.0 Å². The van der Waals surface area contributed by atoms with Crippen molar-refractivity contribution in [3.8, 4) is 0 Å². The standard InChI is InChI=1S/C15H29N3O4S/c1-12(2)14(18-5-7-22-8-6-18)10-16-15(19)17(3)13-4-9-23(20,21)11-13/h12-14H,4-11H2,1-3H3,(H,16,19)/t13-,14-/m1/s1. The summed E-state index contributed by atoms with van der Waals surface area (Å²) in [5, 5.41) is 2.98. The van der Waals surface area contributed by atoms with Gasteiger partial charge < -0.3 is 15.0 Å². The maximum Gasteiger partial charge on any atom is 0.317 e. The lowest BCUT2D eigenvalue weighted by atomic mass is 10.0. The molecular weight excluding hydrogens is 318 g/mol. The first-order chi connectivity index (χ1) is 10.8. The average molecular weight is 347 g/mol. The van der Waals surface area contributed by atoms with E-state index in [4.69, 9.17) is 4.74 Å². The number of ether oxygens (including phenoxy) is 1. The number of urea groups is 1. The van der Waals surface area contributed by atoms with E-state index in [0.717, 1.165) is 26.3 Å². The maximum atomic E-state index is 12.3. The molecule has 2 heterocycles. The van der Waals surface area contributed by atoms with E-state index in [2.05, 4.69) is 24.1 Å². The third kappa shape index (κ3) is 5.06. The molecule has 2 fully saturated rings. The number of nitrogens with zero attached hydrogens (tertiary/aromatic N) is 2. The van der Waals surface area contributed by atoms with Crippen molar-refractivity contribution in [3.05, 3.63) is 0 Å². The molecule has 2 amide bonds. The zero-order chi connectivity index (χ0) is 17.0. The highest BCUT2D eigenvalue weighted by atomic mass is 32.2. The van der Waals surface area contributed by atoms with Crippen LogP contribution in [0.15, 0.2) is 0 Å². The van der Waals surface area contributed by atoms with Crippen LogP contribution in [0.25, 0.3) is 0 Å². The molecule has 0 radical (unpaired) electrons. The summed E-state index contributed by atoms with van der Waals surface area (Å²) in [5.74, 6) is 0.677. The summed E-state index contributed by atoms with van der Waals surface area (Å²) < 4.78 is 28.5. The first-order valence-electron chi connectivity index (χ1n) is 8.33. The molecule has 0 aromatic heterocycles. The predicted molar refractivity (Wildman–Crippen MR) is 89.2 cm³/mol. The molecule has 2 atom stereocenters. The molecule has 8 heteroatoms. The van der Waals surface area contributed by atoms with Crippen molar-refractivity contribution in [2.45, 2.75) is 32.4 Å². The van der Waals surface area contributed by atoms with Gasteiger partial charge in [0.05, 0.1) is 24.7 Å². The molecule has 1 N–H and O–H groups in total. The highest BCUT2D eigenvalue weighted by molar-refractivity contribution is 7.91. The Labute approximate surface area is 139 Å². The fraction of sp³-hybridized carbons (Fsp3) is 0.933. The molecule has 2 aliphatic heterocycles. The van der Waals surface area contributed by atoms with E-state index in [-0.39, 0.29) is 29.6 Å². The van der Waals surface area contributed by atoms with Crippen molar-refractivity contribution in [2.24, 2.45) is 5.92 Å². The van der Waals surface area contributed by atoms with Crippen molar-refractivity contribution in [1.29, 1.82) is 0 Å². The van der Waals surface area contributed by atoms with Crippen LogP contribution in [-0.4, -0.2) is 87.7 Å². The van der Waals surface area contributed by atoms with Gasteiger partial charge >= 0.3 is 6.03 Å². The van der Waals surface area contributed by atoms with Gasteiger partial charge in [-0.3, -0.25) is 4.90 Å². The molecule has 134 valence electrons. The third-order valence-electron chi connectivity index (χ3n) is 4.82. The van der Waals surface area contributed by atoms with Crippen LogP contribution in [0.5, 0.6) is 0 Å². The molecule has 7 nitrogen and oxygen atoms in total. The largest absolute Gasteiger partial charge is 0.379 e. The minimum Gasteiger partial charge on any atom is -0.379 e. The maximum absolute atomic E-state index is 12.3. The molecule has 0 unspecified atom stereocenters. The number of carbonyl (C=O) groups excluding carboxylic acids is 1. The van der Waals surface area contributed by atoms with E-state index < -0.39 is 9.84 Å². The lowest BCUT2D eigenvalue weighted by Gasteiger charge is -2.37. The molecule has 2 aliphatic rings. The number of carbonyl (C=O) groups is 1. The quantitative estimate of drug-likeness (QED) is 0.767. The molecular formula is C15H29N3O4S. The van der Waals surface area contributed by atoms with Gasteiger partial charge in [0.15, 0.2) is 9.84 Å². The summed E-state index contributed by atoms with van der Waals surface area (Å²) in [6, 6.07) is -0.129. The minimum absolute atomic E-state index is 0.0774. The van der Waals surface area contributed by atoms with E-state index in [0.29, 0.717) is 18.9 Å². The molecule has 23 heavy (non-hydrogen) atoms. The van der Waals surface area contributed by atoms with Crippen LogP contribution in [0.1, 0.15) is 20.3 Å². The van der Waals surface area contributed by atoms with Crippen LogP contribution < -0.4 is 5.32 Å². The molecule has 0 bridgehead atoms. The van der Waals surface area contributed by atoms with E-state index in [1.807, 2.05) is 0 Å². The second kappa shape index (κ2) is 7.81. The first kappa shape index (κ1) is 18.5. The van der Waals surface area contributed by atoms with Crippen LogP contribution in [0.3, 0.4) is 0 Å². The second-order valence-corrected chi connectivity index (χ2v) is 9.04. The lowest BCUT2D eigenvalue weighted by Crippen LogP contribution is -2.53. The van der Waals surface area contributed by atoms with Crippen LogP contribution in [0, 0.1) is 5.92 Å². The Bertz CT molecular complexity index is 503. The van der Waals surface area contributed by atoms with Gasteiger partial charge in [-0.25, -0.2) is 13.2 Å². The monoisotopic (exact) mass is 347 g/mol. The number of hydrogen-bond acceptors (Lipinski definition) is 5. The Morgan fingerprint density at radius 2 is 2.00 bits per heavy atom. The van der Waals surface area contributed by atoms with Gasteiger partial charge in [0, 0.05) is 38.8 Å². The van der Waals surface area contributed by atoms with E-state index >= 15 is 0 Å². The van der Waals surface area contributed by atoms with Crippen molar-refractivity contribution in [3.63, 3.8) is 0 Å². The average Bonchev–Trinajstić information content (AvgIpc) is 2.87. The number of nitrogens with one attached hydrogen (secondary N) is 1. The van der Waals surface area contributed by atoms with Crippen LogP contribution in [0.2, 0.25) is 0 Å². The van der Waals surface area contributed by atoms with Gasteiger partial charge in [-0.15, -0.1) is 0 Å². The molecule has 2 saturated heterocycles. The predicted octanol–water partition coefficient (Wildman–Crippen LogP) is 0.172. The molecule has 0 aliphatic carbocycles. The summed E-state index contributed by atoms with van der Waals surface area (Å²) in [4.78, 5) is 16.2. The van der Waals surface area contributed by atoms with Gasteiger partial charge in [0.25, 0.3) is 0 Å². The van der Waals surface area contributed by atoms with Crippen LogP contribution in [-0.2, 0) is 14.6 Å². The van der Waals surface area contributed by atoms with Gasteiger partial charge in [-0.1, -0.05) is 13.8 Å². The molecule has 0 spiro atoms. The Hall–Kier alpha value is -0.860. The summed E-state index contributed by atoms with van der Waals surface area (Å²) >= 11 is 0. The zero-order valence-corrected chi connectivity index (χ0v) is 15.1. The third-order valence-corrected chi connectivity index (χ3v) is 6.57. The number of amides is 2. The molecule has 0 aromatic rings. The van der Waals surface area contributed by atoms with Gasteiger partial charge in [0.1, 0.15) is 0 Å². The number of sulfone groups is 1. The van der Waals surface area contributed by atoms with Crippen LogP contribution >= 0.6 is 0 Å². The van der Waals surface area contributed by atoms with Crippen LogP contribution in [0.4, 0.5) is 4.79 Å². The van der Waals surface area contributed by atoms with Gasteiger partial charge in [0.2, 0.25) is 0 Å². The lowest BCUT2D eigenvalue weighted by molar-refractivity contribution is 0.00693. The SMILES string of the molecule is CC(C)[C@@H](CNC(=O)N(C)[C@@H]1CCS(=O)(=O)C1)N1CCOCC1. The smallest absolute Gasteiger partial charge is 0.317 e. The summed E-state index contributed by atoms with van der Waals surface area (Å²) in [6.45, 7) is 8.11. The Kier molecular flexibility index (Phi) is 6.27.